The molecule has 16 heavy (non-hydrogen) atoms. The molecule has 0 saturated heterocycles. The van der Waals surface area contributed by atoms with Crippen molar-refractivity contribution in [2.24, 2.45) is 5.84 Å². The molecule has 1 rings (SSSR count). The Morgan fingerprint density at radius 2 is 2.25 bits per heavy atom. The highest BCUT2D eigenvalue weighted by Gasteiger charge is 2.07. The molecule has 0 aromatic carbocycles. The molecular weight excluding hydrogens is 204 g/mol. The van der Waals surface area contributed by atoms with E-state index in [-0.39, 0.29) is 6.10 Å². The first-order valence-corrected chi connectivity index (χ1v) is 5.55. The van der Waals surface area contributed by atoms with Gasteiger partial charge in [-0.05, 0) is 13.3 Å². The highest BCUT2D eigenvalue weighted by atomic mass is 16.5. The molecule has 0 saturated carbocycles. The number of nitrogens with zero attached hydrogens (tertiary/aromatic N) is 2. The number of hydrogen-bond acceptors (Lipinski definition) is 5. The summed E-state index contributed by atoms with van der Waals surface area (Å²) in [4.78, 5) is 8.77. The number of nitrogen functional groups attached to an aromatic ring is 1. The van der Waals surface area contributed by atoms with E-state index in [4.69, 9.17) is 10.6 Å². The summed E-state index contributed by atoms with van der Waals surface area (Å²) in [7, 11) is 1.68. The highest BCUT2D eigenvalue weighted by Crippen LogP contribution is 2.09. The molecule has 0 spiro atoms. The van der Waals surface area contributed by atoms with Gasteiger partial charge in [-0.2, -0.15) is 0 Å². The van der Waals surface area contributed by atoms with Crippen LogP contribution in [0.1, 0.15) is 31.8 Å². The Morgan fingerprint density at radius 1 is 1.50 bits per heavy atom. The minimum absolute atomic E-state index is 0.113. The first-order chi connectivity index (χ1) is 7.69. The zero-order chi connectivity index (χ0) is 12.0. The lowest BCUT2D eigenvalue weighted by atomic mass is 10.2. The van der Waals surface area contributed by atoms with Crippen LogP contribution in [0.3, 0.4) is 0 Å². The van der Waals surface area contributed by atoms with Crippen LogP contribution in [0.4, 0.5) is 5.82 Å². The number of aryl methyl sites for hydroxylation is 1. The topological polar surface area (TPSA) is 73.1 Å². The van der Waals surface area contributed by atoms with Gasteiger partial charge in [-0.3, -0.25) is 0 Å². The quantitative estimate of drug-likeness (QED) is 0.562. The minimum atomic E-state index is 0.113. The van der Waals surface area contributed by atoms with Gasteiger partial charge in [0, 0.05) is 25.3 Å². The van der Waals surface area contributed by atoms with Crippen LogP contribution in [0.15, 0.2) is 6.07 Å². The van der Waals surface area contributed by atoms with Crippen LogP contribution in [0.25, 0.3) is 0 Å². The van der Waals surface area contributed by atoms with Crippen LogP contribution >= 0.6 is 0 Å². The maximum Gasteiger partial charge on any atom is 0.143 e. The summed E-state index contributed by atoms with van der Waals surface area (Å²) in [6.45, 7) is 4.11. The molecule has 0 fully saturated rings. The number of methoxy groups -OCH3 is 1. The van der Waals surface area contributed by atoms with Crippen LogP contribution in [0.2, 0.25) is 0 Å². The van der Waals surface area contributed by atoms with Crippen molar-refractivity contribution in [2.45, 2.75) is 39.2 Å². The Bertz CT molecular complexity index is 330. The maximum atomic E-state index is 5.38. The van der Waals surface area contributed by atoms with E-state index in [0.29, 0.717) is 12.2 Å². The van der Waals surface area contributed by atoms with Gasteiger partial charge in [0.2, 0.25) is 0 Å². The number of nitrogens with one attached hydrogen (secondary N) is 1. The first kappa shape index (κ1) is 12.9. The second kappa shape index (κ2) is 6.40. The van der Waals surface area contributed by atoms with Crippen molar-refractivity contribution in [1.29, 1.82) is 0 Å². The fraction of sp³-hybridized carbons (Fsp3) is 0.636. The Hall–Kier alpha value is -1.20. The normalized spacial score (nSPS) is 12.5. The van der Waals surface area contributed by atoms with E-state index in [0.717, 1.165) is 24.4 Å². The summed E-state index contributed by atoms with van der Waals surface area (Å²) in [5, 5.41) is 0. The van der Waals surface area contributed by atoms with Crippen LogP contribution in [0, 0.1) is 0 Å². The molecule has 1 heterocycles. The lowest BCUT2D eigenvalue weighted by Crippen LogP contribution is -2.15. The number of hydrazine groups is 1. The fourth-order valence-corrected chi connectivity index (χ4v) is 1.44. The standard InChI is InChI=1S/C11H20N4O/c1-4-5-9-7-11(15-12)14-10(13-9)6-8(2)16-3/h7-8H,4-6,12H2,1-3H3,(H,13,14,15). The van der Waals surface area contributed by atoms with Gasteiger partial charge >= 0.3 is 0 Å². The second-order valence-corrected chi connectivity index (χ2v) is 3.81. The molecule has 3 N–H and O–H groups in total. The number of aromatic nitrogens is 2. The third-order valence-corrected chi connectivity index (χ3v) is 2.35. The largest absolute Gasteiger partial charge is 0.381 e. The molecule has 1 unspecified atom stereocenters. The van der Waals surface area contributed by atoms with Crippen LogP contribution in [-0.2, 0) is 17.6 Å². The molecule has 0 bridgehead atoms. The summed E-state index contributed by atoms with van der Waals surface area (Å²) in [5.74, 6) is 6.81. The van der Waals surface area contributed by atoms with Gasteiger partial charge in [0.1, 0.15) is 11.6 Å². The van der Waals surface area contributed by atoms with Crippen molar-refractivity contribution in [3.63, 3.8) is 0 Å². The van der Waals surface area contributed by atoms with Crippen LogP contribution in [-0.4, -0.2) is 23.2 Å². The number of rotatable bonds is 6. The predicted molar refractivity (Wildman–Crippen MR) is 64.0 cm³/mol. The van der Waals surface area contributed by atoms with E-state index < -0.39 is 0 Å². The number of hydrogen-bond donors (Lipinski definition) is 2. The lowest BCUT2D eigenvalue weighted by molar-refractivity contribution is 0.117. The number of anilines is 1. The highest BCUT2D eigenvalue weighted by molar-refractivity contribution is 5.34. The summed E-state index contributed by atoms with van der Waals surface area (Å²) >= 11 is 0. The maximum absolute atomic E-state index is 5.38. The van der Waals surface area contributed by atoms with Gasteiger partial charge < -0.3 is 10.2 Å². The molecule has 0 aliphatic carbocycles. The Labute approximate surface area is 96.4 Å². The van der Waals surface area contributed by atoms with E-state index in [1.54, 1.807) is 7.11 Å². The zero-order valence-electron chi connectivity index (χ0n) is 10.2. The SMILES string of the molecule is CCCc1cc(NN)nc(CC(C)OC)n1. The second-order valence-electron chi connectivity index (χ2n) is 3.81. The molecule has 0 aliphatic rings. The monoisotopic (exact) mass is 224 g/mol. The smallest absolute Gasteiger partial charge is 0.143 e. The molecule has 0 radical (unpaired) electrons. The third kappa shape index (κ3) is 3.75. The van der Waals surface area contributed by atoms with E-state index in [1.807, 2.05) is 13.0 Å². The number of ether oxygens (including phenoxy) is 1. The minimum Gasteiger partial charge on any atom is -0.381 e. The van der Waals surface area contributed by atoms with Gasteiger partial charge in [-0.25, -0.2) is 15.8 Å². The van der Waals surface area contributed by atoms with Gasteiger partial charge in [0.05, 0.1) is 6.10 Å². The molecule has 1 aromatic rings. The van der Waals surface area contributed by atoms with E-state index in [2.05, 4.69) is 22.3 Å². The predicted octanol–water partition coefficient (Wildman–Crippen LogP) is 1.29. The fourth-order valence-electron chi connectivity index (χ4n) is 1.44. The van der Waals surface area contributed by atoms with Crippen molar-refractivity contribution in [2.75, 3.05) is 12.5 Å². The van der Waals surface area contributed by atoms with E-state index in [9.17, 15) is 0 Å². The van der Waals surface area contributed by atoms with Crippen molar-refractivity contribution < 1.29 is 4.74 Å². The molecule has 1 atom stereocenters. The van der Waals surface area contributed by atoms with Gasteiger partial charge in [-0.1, -0.05) is 13.3 Å². The summed E-state index contributed by atoms with van der Waals surface area (Å²) in [5.41, 5.74) is 3.58. The van der Waals surface area contributed by atoms with Crippen molar-refractivity contribution in [3.05, 3.63) is 17.6 Å². The molecule has 1 aromatic heterocycles. The number of nitrogens with two attached hydrogens (primary N) is 1. The van der Waals surface area contributed by atoms with Gasteiger partial charge in [0.25, 0.3) is 0 Å². The molecule has 90 valence electrons. The molecule has 5 heteroatoms. The average molecular weight is 224 g/mol. The Morgan fingerprint density at radius 3 is 2.81 bits per heavy atom. The van der Waals surface area contributed by atoms with E-state index in [1.165, 1.54) is 0 Å². The summed E-state index contributed by atoms with van der Waals surface area (Å²) in [6.07, 6.45) is 2.80. The molecule has 0 aliphatic heterocycles. The van der Waals surface area contributed by atoms with E-state index >= 15 is 0 Å². The van der Waals surface area contributed by atoms with Crippen molar-refractivity contribution >= 4 is 5.82 Å². The van der Waals surface area contributed by atoms with Gasteiger partial charge in [-0.15, -0.1) is 0 Å². The first-order valence-electron chi connectivity index (χ1n) is 5.55. The molecular formula is C11H20N4O. The Balaban J connectivity index is 2.85. The Kier molecular flexibility index (Phi) is 5.14. The van der Waals surface area contributed by atoms with Crippen molar-refractivity contribution in [1.82, 2.24) is 9.97 Å². The van der Waals surface area contributed by atoms with Crippen molar-refractivity contribution in [3.8, 4) is 0 Å². The summed E-state index contributed by atoms with van der Waals surface area (Å²) in [6, 6.07) is 1.88. The van der Waals surface area contributed by atoms with Crippen LogP contribution in [0.5, 0.6) is 0 Å². The average Bonchev–Trinajstić information content (AvgIpc) is 2.29. The van der Waals surface area contributed by atoms with Gasteiger partial charge in [0.15, 0.2) is 0 Å². The molecule has 0 amide bonds. The lowest BCUT2D eigenvalue weighted by Gasteiger charge is -2.10. The summed E-state index contributed by atoms with van der Waals surface area (Å²) < 4.78 is 5.20. The van der Waals surface area contributed by atoms with Crippen LogP contribution < -0.4 is 11.3 Å². The zero-order valence-corrected chi connectivity index (χ0v) is 10.2. The third-order valence-electron chi connectivity index (χ3n) is 2.35. The molecule has 5 nitrogen and oxygen atoms in total.